The van der Waals surface area contributed by atoms with Gasteiger partial charge in [-0.1, -0.05) is 0 Å². The van der Waals surface area contributed by atoms with Crippen LogP contribution in [0.15, 0.2) is 60.7 Å². The number of anilines is 2. The smallest absolute Gasteiger partial charge is 0.255 e. The lowest BCUT2D eigenvalue weighted by Gasteiger charge is -2.09. The van der Waals surface area contributed by atoms with Crippen LogP contribution in [0, 0.1) is 0 Å². The Morgan fingerprint density at radius 3 is 1.40 bits per heavy atom. The van der Waals surface area contributed by atoms with Gasteiger partial charge in [0.15, 0.2) is 23.0 Å². The topological polar surface area (TPSA) is 95.1 Å². The Morgan fingerprint density at radius 2 is 0.967 bits per heavy atom. The number of nitrogens with one attached hydrogen (secondary N) is 2. The third-order valence-corrected chi connectivity index (χ3v) is 4.67. The molecule has 0 unspecified atom stereocenters. The van der Waals surface area contributed by atoms with Gasteiger partial charge in [-0.3, -0.25) is 9.59 Å². The molecule has 0 atom stereocenters. The molecular formula is C22H16N2O6. The quantitative estimate of drug-likeness (QED) is 0.689. The second-order valence-electron chi connectivity index (χ2n) is 6.62. The molecule has 2 aliphatic heterocycles. The van der Waals surface area contributed by atoms with Gasteiger partial charge in [-0.25, -0.2) is 0 Å². The summed E-state index contributed by atoms with van der Waals surface area (Å²) in [7, 11) is 0. The maximum absolute atomic E-state index is 12.5. The molecule has 0 radical (unpaired) electrons. The minimum atomic E-state index is -0.273. The molecule has 8 heteroatoms. The summed E-state index contributed by atoms with van der Waals surface area (Å²) in [4.78, 5) is 24.9. The van der Waals surface area contributed by atoms with E-state index >= 15 is 0 Å². The summed E-state index contributed by atoms with van der Waals surface area (Å²) < 4.78 is 21.1. The van der Waals surface area contributed by atoms with Crippen LogP contribution in [-0.4, -0.2) is 25.4 Å². The van der Waals surface area contributed by atoms with Crippen molar-refractivity contribution in [3.05, 3.63) is 71.8 Å². The zero-order valence-corrected chi connectivity index (χ0v) is 15.6. The van der Waals surface area contributed by atoms with Crippen LogP contribution < -0.4 is 29.6 Å². The van der Waals surface area contributed by atoms with Crippen LogP contribution in [0.3, 0.4) is 0 Å². The van der Waals surface area contributed by atoms with Gasteiger partial charge in [-0.2, -0.15) is 0 Å². The maximum atomic E-state index is 12.5. The molecule has 30 heavy (non-hydrogen) atoms. The van der Waals surface area contributed by atoms with E-state index in [0.29, 0.717) is 45.5 Å². The number of amides is 2. The molecule has 2 heterocycles. The van der Waals surface area contributed by atoms with E-state index in [-0.39, 0.29) is 25.4 Å². The van der Waals surface area contributed by atoms with Gasteiger partial charge in [-0.05, 0) is 60.7 Å². The highest BCUT2D eigenvalue weighted by molar-refractivity contribution is 6.06. The molecule has 0 saturated carbocycles. The Labute approximate surface area is 171 Å². The Bertz CT molecular complexity index is 1050. The summed E-state index contributed by atoms with van der Waals surface area (Å²) in [5.41, 5.74) is 2.11. The Hall–Kier alpha value is -4.20. The second-order valence-corrected chi connectivity index (χ2v) is 6.62. The number of carbonyl (C=O) groups excluding carboxylic acids is 2. The SMILES string of the molecule is O=C(Nc1ccc(NC(=O)c2ccc3c(c2)OCO3)cc1)c1ccc2c(c1)OCO2. The second kappa shape index (κ2) is 7.32. The molecule has 2 aliphatic rings. The predicted molar refractivity (Wildman–Crippen MR) is 107 cm³/mol. The van der Waals surface area contributed by atoms with Gasteiger partial charge in [0.1, 0.15) is 0 Å². The van der Waals surface area contributed by atoms with Crippen molar-refractivity contribution < 1.29 is 28.5 Å². The molecule has 2 N–H and O–H groups in total. The summed E-state index contributed by atoms with van der Waals surface area (Å²) in [5, 5.41) is 5.62. The van der Waals surface area contributed by atoms with Crippen molar-refractivity contribution in [1.29, 1.82) is 0 Å². The lowest BCUT2D eigenvalue weighted by molar-refractivity contribution is 0.101. The van der Waals surface area contributed by atoms with Crippen LogP contribution in [-0.2, 0) is 0 Å². The number of benzene rings is 3. The first-order valence-electron chi connectivity index (χ1n) is 9.18. The average Bonchev–Trinajstić information content (AvgIpc) is 3.43. The van der Waals surface area contributed by atoms with Gasteiger partial charge in [0.25, 0.3) is 11.8 Å². The first kappa shape index (κ1) is 17.9. The van der Waals surface area contributed by atoms with E-state index in [0.717, 1.165) is 0 Å². The van der Waals surface area contributed by atoms with Crippen LogP contribution in [0.1, 0.15) is 20.7 Å². The molecule has 2 amide bonds. The molecule has 0 spiro atoms. The minimum absolute atomic E-state index is 0.153. The number of ether oxygens (including phenoxy) is 4. The molecule has 8 nitrogen and oxygen atoms in total. The fourth-order valence-electron chi connectivity index (χ4n) is 3.12. The fourth-order valence-corrected chi connectivity index (χ4v) is 3.12. The van der Waals surface area contributed by atoms with Crippen molar-refractivity contribution in [3.63, 3.8) is 0 Å². The lowest BCUT2D eigenvalue weighted by Crippen LogP contribution is -2.13. The van der Waals surface area contributed by atoms with Crippen LogP contribution in [0.5, 0.6) is 23.0 Å². The van der Waals surface area contributed by atoms with Crippen molar-refractivity contribution in [2.75, 3.05) is 24.2 Å². The van der Waals surface area contributed by atoms with E-state index in [1.54, 1.807) is 60.7 Å². The van der Waals surface area contributed by atoms with Crippen molar-refractivity contribution in [2.24, 2.45) is 0 Å². The normalized spacial score (nSPS) is 13.1. The van der Waals surface area contributed by atoms with Crippen molar-refractivity contribution >= 4 is 23.2 Å². The number of rotatable bonds is 4. The zero-order chi connectivity index (χ0) is 20.5. The molecule has 5 rings (SSSR count). The molecule has 0 bridgehead atoms. The van der Waals surface area contributed by atoms with Gasteiger partial charge in [-0.15, -0.1) is 0 Å². The monoisotopic (exact) mass is 404 g/mol. The van der Waals surface area contributed by atoms with Crippen LogP contribution in [0.4, 0.5) is 11.4 Å². The third-order valence-electron chi connectivity index (χ3n) is 4.67. The summed E-state index contributed by atoms with van der Waals surface area (Å²) in [6.45, 7) is 0.305. The molecule has 0 aromatic heterocycles. The highest BCUT2D eigenvalue weighted by atomic mass is 16.7. The minimum Gasteiger partial charge on any atom is -0.454 e. The number of carbonyl (C=O) groups is 2. The Morgan fingerprint density at radius 1 is 0.567 bits per heavy atom. The summed E-state index contributed by atoms with van der Waals surface area (Å²) in [6.07, 6.45) is 0. The van der Waals surface area contributed by atoms with Gasteiger partial charge >= 0.3 is 0 Å². The fraction of sp³-hybridized carbons (Fsp3) is 0.0909. The van der Waals surface area contributed by atoms with Crippen molar-refractivity contribution in [1.82, 2.24) is 0 Å². The van der Waals surface area contributed by atoms with Crippen LogP contribution in [0.2, 0.25) is 0 Å². The molecular weight excluding hydrogens is 388 g/mol. The first-order valence-corrected chi connectivity index (χ1v) is 9.18. The van der Waals surface area contributed by atoms with Crippen molar-refractivity contribution in [2.45, 2.75) is 0 Å². The third kappa shape index (κ3) is 3.46. The largest absolute Gasteiger partial charge is 0.454 e. The molecule has 0 saturated heterocycles. The van der Waals surface area contributed by atoms with Gasteiger partial charge < -0.3 is 29.6 Å². The summed E-state index contributed by atoms with van der Waals surface area (Å²) >= 11 is 0. The first-order chi connectivity index (χ1) is 14.7. The molecule has 150 valence electrons. The number of hydrogen-bond acceptors (Lipinski definition) is 6. The predicted octanol–water partition coefficient (Wildman–Crippen LogP) is 3.65. The molecule has 3 aromatic rings. The van der Waals surface area contributed by atoms with E-state index in [4.69, 9.17) is 18.9 Å². The van der Waals surface area contributed by atoms with E-state index in [1.165, 1.54) is 0 Å². The van der Waals surface area contributed by atoms with Gasteiger partial charge in [0.05, 0.1) is 0 Å². The molecule has 0 fully saturated rings. The summed E-state index contributed by atoms with van der Waals surface area (Å²) in [5.74, 6) is 1.78. The van der Waals surface area contributed by atoms with Crippen molar-refractivity contribution in [3.8, 4) is 23.0 Å². The maximum Gasteiger partial charge on any atom is 0.255 e. The summed E-state index contributed by atoms with van der Waals surface area (Å²) in [6, 6.07) is 16.8. The van der Waals surface area contributed by atoms with Crippen LogP contribution in [0.25, 0.3) is 0 Å². The Kier molecular flexibility index (Phi) is 4.36. The van der Waals surface area contributed by atoms with E-state index < -0.39 is 0 Å². The van der Waals surface area contributed by atoms with Gasteiger partial charge in [0, 0.05) is 22.5 Å². The zero-order valence-electron chi connectivity index (χ0n) is 15.6. The highest BCUT2D eigenvalue weighted by Gasteiger charge is 2.17. The van der Waals surface area contributed by atoms with E-state index in [2.05, 4.69) is 10.6 Å². The highest BCUT2D eigenvalue weighted by Crippen LogP contribution is 2.33. The van der Waals surface area contributed by atoms with Gasteiger partial charge in [0.2, 0.25) is 13.6 Å². The Balaban J connectivity index is 1.23. The van der Waals surface area contributed by atoms with E-state index in [1.807, 2.05) is 0 Å². The van der Waals surface area contributed by atoms with Crippen LogP contribution >= 0.6 is 0 Å². The average molecular weight is 404 g/mol. The number of fused-ring (bicyclic) bond motifs is 2. The lowest BCUT2D eigenvalue weighted by atomic mass is 10.1. The van der Waals surface area contributed by atoms with E-state index in [9.17, 15) is 9.59 Å². The molecule has 0 aliphatic carbocycles. The number of hydrogen-bond donors (Lipinski definition) is 2. The molecule has 3 aromatic carbocycles. The standard InChI is InChI=1S/C22H16N2O6/c25-21(13-1-7-17-19(9-13)29-11-27-17)23-15-3-5-16(6-4-15)24-22(26)14-2-8-18-20(10-14)30-12-28-18/h1-10H,11-12H2,(H,23,25)(H,24,26).